The summed E-state index contributed by atoms with van der Waals surface area (Å²) in [5, 5.41) is 12.3. The molecular formula is C15H16ClN3O2S2. The Bertz CT molecular complexity index is 793. The Morgan fingerprint density at radius 2 is 1.87 bits per heavy atom. The third-order valence-electron chi connectivity index (χ3n) is 3.03. The second kappa shape index (κ2) is 7.74. The van der Waals surface area contributed by atoms with Crippen molar-refractivity contribution in [2.45, 2.75) is 11.3 Å². The summed E-state index contributed by atoms with van der Waals surface area (Å²) < 4.78 is 22.4. The quantitative estimate of drug-likeness (QED) is 0.705. The number of anilines is 1. The molecule has 8 heteroatoms. The van der Waals surface area contributed by atoms with Gasteiger partial charge in [-0.25, -0.2) is 13.6 Å². The van der Waals surface area contributed by atoms with Gasteiger partial charge in [0.05, 0.1) is 4.90 Å². The number of nitrogens with two attached hydrogens (primary N) is 1. The molecule has 0 saturated carbocycles. The van der Waals surface area contributed by atoms with Crippen LogP contribution in [0.4, 0.5) is 5.69 Å². The first-order valence-corrected chi connectivity index (χ1v) is 9.10. The molecule has 0 unspecified atom stereocenters. The Labute approximate surface area is 145 Å². The Morgan fingerprint density at radius 3 is 2.48 bits per heavy atom. The molecule has 2 aromatic rings. The largest absolute Gasteiger partial charge is 0.362 e. The van der Waals surface area contributed by atoms with Crippen molar-refractivity contribution in [3.63, 3.8) is 0 Å². The normalized spacial score (nSPS) is 11.0. The maximum absolute atomic E-state index is 11.2. The van der Waals surface area contributed by atoms with Gasteiger partial charge in [-0.1, -0.05) is 29.8 Å². The van der Waals surface area contributed by atoms with E-state index in [1.807, 2.05) is 12.1 Å². The molecule has 122 valence electrons. The van der Waals surface area contributed by atoms with Crippen LogP contribution in [0.3, 0.4) is 0 Å². The molecule has 0 aliphatic carbocycles. The minimum absolute atomic E-state index is 0.104. The fourth-order valence-electron chi connectivity index (χ4n) is 1.91. The lowest BCUT2D eigenvalue weighted by Gasteiger charge is -2.11. The van der Waals surface area contributed by atoms with Crippen LogP contribution in [-0.4, -0.2) is 20.1 Å². The van der Waals surface area contributed by atoms with Gasteiger partial charge < -0.3 is 10.6 Å². The number of nitrogens with one attached hydrogen (secondary N) is 2. The van der Waals surface area contributed by atoms with E-state index in [1.165, 1.54) is 12.1 Å². The van der Waals surface area contributed by atoms with Crippen LogP contribution in [0.15, 0.2) is 53.4 Å². The third-order valence-corrected chi connectivity index (χ3v) is 4.44. The number of hydrogen-bond donors (Lipinski definition) is 3. The molecule has 2 rings (SSSR count). The molecule has 0 aromatic heterocycles. The molecular weight excluding hydrogens is 354 g/mol. The summed E-state index contributed by atoms with van der Waals surface area (Å²) in [6.07, 6.45) is 0.697. The van der Waals surface area contributed by atoms with Crippen LogP contribution in [-0.2, 0) is 16.4 Å². The molecule has 0 aliphatic rings. The molecule has 0 bridgehead atoms. The predicted octanol–water partition coefficient (Wildman–Crippen LogP) is 2.52. The lowest BCUT2D eigenvalue weighted by molar-refractivity contribution is 0.598. The SMILES string of the molecule is NS(=O)(=O)c1ccc(CCNC(=S)Nc2cccc(Cl)c2)cc1. The molecule has 0 radical (unpaired) electrons. The monoisotopic (exact) mass is 369 g/mol. The van der Waals surface area contributed by atoms with E-state index in [2.05, 4.69) is 10.6 Å². The minimum atomic E-state index is -3.65. The standard InChI is InChI=1S/C15H16ClN3O2S2/c16-12-2-1-3-13(10-12)19-15(22)18-9-8-11-4-6-14(7-5-11)23(17,20)21/h1-7,10H,8-9H2,(H2,17,20,21)(H2,18,19,22). The second-order valence-electron chi connectivity index (χ2n) is 4.83. The Morgan fingerprint density at radius 1 is 1.17 bits per heavy atom. The highest BCUT2D eigenvalue weighted by Gasteiger charge is 2.06. The molecule has 0 saturated heterocycles. The maximum atomic E-state index is 11.2. The van der Waals surface area contributed by atoms with E-state index in [9.17, 15) is 8.42 Å². The first kappa shape index (κ1) is 17.7. The van der Waals surface area contributed by atoms with Crippen LogP contribution in [0.2, 0.25) is 5.02 Å². The predicted molar refractivity (Wildman–Crippen MR) is 97.2 cm³/mol. The lowest BCUT2D eigenvalue weighted by Crippen LogP contribution is -2.30. The van der Waals surface area contributed by atoms with Crippen molar-refractivity contribution in [3.05, 3.63) is 59.1 Å². The fourth-order valence-corrected chi connectivity index (χ4v) is 2.83. The summed E-state index contributed by atoms with van der Waals surface area (Å²) in [5.74, 6) is 0. The zero-order valence-electron chi connectivity index (χ0n) is 12.1. The first-order chi connectivity index (χ1) is 10.8. The van der Waals surface area contributed by atoms with Gasteiger partial charge in [0, 0.05) is 17.3 Å². The molecule has 0 amide bonds. The number of halogens is 1. The van der Waals surface area contributed by atoms with Crippen LogP contribution in [0.1, 0.15) is 5.56 Å². The molecule has 0 aliphatic heterocycles. The van der Waals surface area contributed by atoms with Gasteiger partial charge in [0.1, 0.15) is 0 Å². The summed E-state index contributed by atoms with van der Waals surface area (Å²) >= 11 is 11.1. The molecule has 4 N–H and O–H groups in total. The second-order valence-corrected chi connectivity index (χ2v) is 7.24. The van der Waals surface area contributed by atoms with Gasteiger partial charge in [0.25, 0.3) is 0 Å². The zero-order valence-corrected chi connectivity index (χ0v) is 14.5. The van der Waals surface area contributed by atoms with Crippen molar-refractivity contribution in [1.82, 2.24) is 5.32 Å². The topological polar surface area (TPSA) is 84.2 Å². The van der Waals surface area contributed by atoms with Crippen molar-refractivity contribution < 1.29 is 8.42 Å². The summed E-state index contributed by atoms with van der Waals surface area (Å²) in [5.41, 5.74) is 1.79. The summed E-state index contributed by atoms with van der Waals surface area (Å²) in [7, 11) is -3.65. The van der Waals surface area contributed by atoms with E-state index in [-0.39, 0.29) is 4.90 Å². The maximum Gasteiger partial charge on any atom is 0.238 e. The Kier molecular flexibility index (Phi) is 5.95. The van der Waals surface area contributed by atoms with E-state index < -0.39 is 10.0 Å². The highest BCUT2D eigenvalue weighted by Crippen LogP contribution is 2.14. The van der Waals surface area contributed by atoms with Crippen molar-refractivity contribution in [2.75, 3.05) is 11.9 Å². The van der Waals surface area contributed by atoms with Crippen molar-refractivity contribution >= 4 is 44.6 Å². The highest BCUT2D eigenvalue weighted by molar-refractivity contribution is 7.89. The van der Waals surface area contributed by atoms with E-state index >= 15 is 0 Å². The number of primary sulfonamides is 1. The molecule has 2 aromatic carbocycles. The summed E-state index contributed by atoms with van der Waals surface area (Å²) in [6, 6.07) is 13.7. The smallest absolute Gasteiger partial charge is 0.238 e. The zero-order chi connectivity index (χ0) is 16.9. The van der Waals surface area contributed by atoms with Crippen LogP contribution in [0.25, 0.3) is 0 Å². The van der Waals surface area contributed by atoms with E-state index in [0.29, 0.717) is 23.1 Å². The number of sulfonamides is 1. The number of thiocarbonyl (C=S) groups is 1. The van der Waals surface area contributed by atoms with Gasteiger partial charge in [-0.05, 0) is 54.5 Å². The number of rotatable bonds is 5. The third kappa shape index (κ3) is 5.80. The molecule has 0 fully saturated rings. The lowest BCUT2D eigenvalue weighted by atomic mass is 10.1. The average Bonchev–Trinajstić information content (AvgIpc) is 2.47. The van der Waals surface area contributed by atoms with Gasteiger partial charge >= 0.3 is 0 Å². The minimum Gasteiger partial charge on any atom is -0.362 e. The van der Waals surface area contributed by atoms with Gasteiger partial charge in [0.2, 0.25) is 10.0 Å². The molecule has 23 heavy (non-hydrogen) atoms. The van der Waals surface area contributed by atoms with Crippen molar-refractivity contribution in [1.29, 1.82) is 0 Å². The molecule has 0 atom stereocenters. The van der Waals surface area contributed by atoms with Crippen molar-refractivity contribution in [2.24, 2.45) is 5.14 Å². The van der Waals surface area contributed by atoms with E-state index in [1.54, 1.807) is 24.3 Å². The van der Waals surface area contributed by atoms with Crippen LogP contribution < -0.4 is 15.8 Å². The molecule has 0 heterocycles. The molecule has 0 spiro atoms. The highest BCUT2D eigenvalue weighted by atomic mass is 35.5. The van der Waals surface area contributed by atoms with Crippen molar-refractivity contribution in [3.8, 4) is 0 Å². The summed E-state index contributed by atoms with van der Waals surface area (Å²) in [4.78, 5) is 0.104. The van der Waals surface area contributed by atoms with Crippen LogP contribution >= 0.6 is 23.8 Å². The van der Waals surface area contributed by atoms with Gasteiger partial charge in [-0.3, -0.25) is 0 Å². The van der Waals surface area contributed by atoms with Gasteiger partial charge in [0.15, 0.2) is 5.11 Å². The van der Waals surface area contributed by atoms with Crippen LogP contribution in [0.5, 0.6) is 0 Å². The first-order valence-electron chi connectivity index (χ1n) is 6.77. The average molecular weight is 370 g/mol. The Balaban J connectivity index is 1.81. The van der Waals surface area contributed by atoms with E-state index in [0.717, 1.165) is 11.3 Å². The number of hydrogen-bond acceptors (Lipinski definition) is 3. The number of benzene rings is 2. The Hall–Kier alpha value is -1.67. The van der Waals surface area contributed by atoms with Crippen LogP contribution in [0, 0.1) is 0 Å². The van der Waals surface area contributed by atoms with Gasteiger partial charge in [-0.15, -0.1) is 0 Å². The fraction of sp³-hybridized carbons (Fsp3) is 0.133. The van der Waals surface area contributed by atoms with Gasteiger partial charge in [-0.2, -0.15) is 0 Å². The molecule has 5 nitrogen and oxygen atoms in total. The van der Waals surface area contributed by atoms with E-state index in [4.69, 9.17) is 29.0 Å². The summed E-state index contributed by atoms with van der Waals surface area (Å²) in [6.45, 7) is 0.612.